The largest absolute Gasteiger partial charge is 0.396 e. The number of nitrogens with zero attached hydrogens (tertiary/aromatic N) is 6. The Morgan fingerprint density at radius 1 is 1.15 bits per heavy atom. The Labute approximate surface area is 232 Å². The number of hydrogen-bond acceptors (Lipinski definition) is 7. The molecule has 12 heteroatoms. The minimum absolute atomic E-state index is 0.117. The highest BCUT2D eigenvalue weighted by Gasteiger charge is 2.30. The fourth-order valence-corrected chi connectivity index (χ4v) is 6.22. The molecule has 1 fully saturated rings. The molecule has 0 atom stereocenters. The standard InChI is InChI=1S/C28H27F3N8S/c1-17-19(2-3-24-23(17)10-21(12-32)39(24)15-18-13-33-34-14-18)16-38-7-4-20(5-8-38)35-26-22-6-9-40-27(22)37-25(36-26)11-28(29,30)31/h2-3,6,9-10,13-14,20H,4-5,7-8,11,15-16H2,1H3,(H,33,34)(H,35,36,37). The molecule has 0 saturated carbocycles. The number of aryl methyl sites for hydroxylation is 1. The summed E-state index contributed by atoms with van der Waals surface area (Å²) < 4.78 is 41.0. The molecular weight excluding hydrogens is 537 g/mol. The van der Waals surface area contributed by atoms with Crippen LogP contribution in [0, 0.1) is 18.3 Å². The number of nitriles is 1. The average molecular weight is 565 g/mol. The zero-order chi connectivity index (χ0) is 27.9. The Balaban J connectivity index is 1.14. The summed E-state index contributed by atoms with van der Waals surface area (Å²) in [5.74, 6) is 0.282. The number of rotatable bonds is 7. The Hall–Kier alpha value is -3.95. The third-order valence-corrected chi connectivity index (χ3v) is 8.34. The Bertz CT molecular complexity index is 1690. The van der Waals surface area contributed by atoms with E-state index in [0.29, 0.717) is 22.9 Å². The van der Waals surface area contributed by atoms with Crippen molar-refractivity contribution in [1.82, 2.24) is 29.6 Å². The number of anilines is 1. The predicted octanol–water partition coefficient (Wildman–Crippen LogP) is 5.78. The van der Waals surface area contributed by atoms with Crippen molar-refractivity contribution in [3.63, 3.8) is 0 Å². The normalized spacial score (nSPS) is 15.2. The van der Waals surface area contributed by atoms with Crippen molar-refractivity contribution >= 4 is 38.3 Å². The van der Waals surface area contributed by atoms with Crippen molar-refractivity contribution in [1.29, 1.82) is 5.26 Å². The number of alkyl halides is 3. The SMILES string of the molecule is Cc1c(CN2CCC(Nc3nc(CC(F)(F)F)nc4sccc34)CC2)ccc2c1cc(C#N)n2Cc1cn[nH]c1. The van der Waals surface area contributed by atoms with Crippen LogP contribution >= 0.6 is 11.3 Å². The number of likely N-dealkylation sites (tertiary alicyclic amines) is 1. The third kappa shape index (κ3) is 5.39. The number of piperidine rings is 1. The number of halogens is 3. The lowest BCUT2D eigenvalue weighted by Crippen LogP contribution is -2.39. The van der Waals surface area contributed by atoms with E-state index in [2.05, 4.69) is 55.5 Å². The molecule has 6 rings (SSSR count). The number of hydrogen-bond donors (Lipinski definition) is 2. The van der Waals surface area contributed by atoms with Gasteiger partial charge in [-0.1, -0.05) is 6.07 Å². The topological polar surface area (TPSA) is 98.5 Å². The first kappa shape index (κ1) is 26.3. The molecule has 40 heavy (non-hydrogen) atoms. The highest BCUT2D eigenvalue weighted by molar-refractivity contribution is 7.16. The number of thiophene rings is 1. The molecule has 0 bridgehead atoms. The second kappa shape index (κ2) is 10.6. The van der Waals surface area contributed by atoms with Crippen molar-refractivity contribution < 1.29 is 13.2 Å². The number of fused-ring (bicyclic) bond motifs is 2. The molecule has 0 unspecified atom stereocenters. The summed E-state index contributed by atoms with van der Waals surface area (Å²) >= 11 is 1.32. The van der Waals surface area contributed by atoms with Gasteiger partial charge in [0.2, 0.25) is 0 Å². The second-order valence-electron chi connectivity index (χ2n) is 10.2. The van der Waals surface area contributed by atoms with Gasteiger partial charge in [-0.15, -0.1) is 11.3 Å². The molecule has 0 radical (unpaired) electrons. The summed E-state index contributed by atoms with van der Waals surface area (Å²) in [5, 5.41) is 23.7. The fraction of sp³-hybridized carbons (Fsp3) is 0.357. The van der Waals surface area contributed by atoms with E-state index in [9.17, 15) is 18.4 Å². The molecule has 206 valence electrons. The van der Waals surface area contributed by atoms with E-state index in [1.807, 2.05) is 28.3 Å². The van der Waals surface area contributed by atoms with E-state index in [0.717, 1.165) is 54.3 Å². The number of aromatic amines is 1. The van der Waals surface area contributed by atoms with E-state index in [1.165, 1.54) is 22.5 Å². The van der Waals surface area contributed by atoms with Crippen LogP contribution in [-0.4, -0.2) is 54.9 Å². The van der Waals surface area contributed by atoms with Crippen LogP contribution in [0.2, 0.25) is 0 Å². The lowest BCUT2D eigenvalue weighted by molar-refractivity contribution is -0.128. The zero-order valence-corrected chi connectivity index (χ0v) is 22.6. The summed E-state index contributed by atoms with van der Waals surface area (Å²) in [6.45, 7) is 5.18. The van der Waals surface area contributed by atoms with Gasteiger partial charge in [0.15, 0.2) is 0 Å². The Kier molecular flexibility index (Phi) is 6.93. The van der Waals surface area contributed by atoms with Gasteiger partial charge in [-0.3, -0.25) is 10.00 Å². The first-order valence-corrected chi connectivity index (χ1v) is 13.9. The van der Waals surface area contributed by atoms with Gasteiger partial charge in [-0.05, 0) is 54.5 Å². The van der Waals surface area contributed by atoms with Gasteiger partial charge < -0.3 is 9.88 Å². The highest BCUT2D eigenvalue weighted by Crippen LogP contribution is 2.31. The van der Waals surface area contributed by atoms with Crippen LogP contribution in [0.3, 0.4) is 0 Å². The number of benzene rings is 1. The quantitative estimate of drug-likeness (QED) is 0.260. The van der Waals surface area contributed by atoms with Crippen LogP contribution in [0.1, 0.15) is 41.1 Å². The van der Waals surface area contributed by atoms with Gasteiger partial charge in [0.05, 0.1) is 18.1 Å². The van der Waals surface area contributed by atoms with Crippen molar-refractivity contribution in [2.24, 2.45) is 0 Å². The summed E-state index contributed by atoms with van der Waals surface area (Å²) in [6, 6.07) is 10.5. The van der Waals surface area contributed by atoms with Crippen LogP contribution < -0.4 is 5.32 Å². The van der Waals surface area contributed by atoms with Gasteiger partial charge in [0.25, 0.3) is 0 Å². The van der Waals surface area contributed by atoms with Gasteiger partial charge in [0.1, 0.15) is 34.7 Å². The summed E-state index contributed by atoms with van der Waals surface area (Å²) in [5.41, 5.74) is 5.03. The minimum atomic E-state index is -4.35. The van der Waals surface area contributed by atoms with Gasteiger partial charge in [-0.25, -0.2) is 9.97 Å². The van der Waals surface area contributed by atoms with Gasteiger partial charge >= 0.3 is 6.18 Å². The molecule has 2 N–H and O–H groups in total. The molecule has 8 nitrogen and oxygen atoms in total. The smallest absolute Gasteiger partial charge is 0.367 e. The number of H-pyrrole nitrogens is 1. The van der Waals surface area contributed by atoms with Crippen LogP contribution in [0.4, 0.5) is 19.0 Å². The molecule has 0 spiro atoms. The van der Waals surface area contributed by atoms with E-state index < -0.39 is 12.6 Å². The fourth-order valence-electron chi connectivity index (χ4n) is 5.44. The Morgan fingerprint density at radius 2 is 1.98 bits per heavy atom. The maximum atomic E-state index is 13.0. The minimum Gasteiger partial charge on any atom is -0.367 e. The van der Waals surface area contributed by atoms with Crippen molar-refractivity contribution in [3.05, 3.63) is 70.2 Å². The van der Waals surface area contributed by atoms with Crippen LogP contribution in [0.25, 0.3) is 21.1 Å². The molecular formula is C28H27F3N8S. The first-order chi connectivity index (χ1) is 19.3. The highest BCUT2D eigenvalue weighted by atomic mass is 32.1. The molecule has 0 amide bonds. The third-order valence-electron chi connectivity index (χ3n) is 7.53. The van der Waals surface area contributed by atoms with Crippen LogP contribution in [0.15, 0.2) is 42.0 Å². The van der Waals surface area contributed by atoms with Crippen LogP contribution in [-0.2, 0) is 19.5 Å². The molecule has 1 aliphatic rings. The van der Waals surface area contributed by atoms with Crippen molar-refractivity contribution in [2.45, 2.75) is 51.5 Å². The van der Waals surface area contributed by atoms with E-state index in [-0.39, 0.29) is 11.9 Å². The summed E-state index contributed by atoms with van der Waals surface area (Å²) in [6.07, 6.45) is -0.187. The lowest BCUT2D eigenvalue weighted by Gasteiger charge is -2.33. The molecule has 5 heterocycles. The number of aromatic nitrogens is 5. The van der Waals surface area contributed by atoms with Crippen molar-refractivity contribution in [2.75, 3.05) is 18.4 Å². The maximum Gasteiger partial charge on any atom is 0.396 e. The monoisotopic (exact) mass is 564 g/mol. The average Bonchev–Trinajstić information content (AvgIpc) is 3.67. The van der Waals surface area contributed by atoms with E-state index >= 15 is 0 Å². The van der Waals surface area contributed by atoms with E-state index in [4.69, 9.17) is 0 Å². The zero-order valence-electron chi connectivity index (χ0n) is 21.8. The van der Waals surface area contributed by atoms with Crippen molar-refractivity contribution in [3.8, 4) is 6.07 Å². The molecule has 0 aliphatic carbocycles. The second-order valence-corrected chi connectivity index (χ2v) is 11.1. The van der Waals surface area contributed by atoms with Gasteiger partial charge in [0, 0.05) is 48.3 Å². The van der Waals surface area contributed by atoms with Gasteiger partial charge in [-0.2, -0.15) is 23.5 Å². The van der Waals surface area contributed by atoms with E-state index in [1.54, 1.807) is 6.20 Å². The van der Waals surface area contributed by atoms with Crippen LogP contribution in [0.5, 0.6) is 0 Å². The lowest BCUT2D eigenvalue weighted by atomic mass is 10.0. The Morgan fingerprint density at radius 3 is 2.70 bits per heavy atom. The predicted molar refractivity (Wildman–Crippen MR) is 148 cm³/mol. The summed E-state index contributed by atoms with van der Waals surface area (Å²) in [7, 11) is 0. The molecule has 4 aromatic heterocycles. The molecule has 1 saturated heterocycles. The molecule has 5 aromatic rings. The molecule has 1 aromatic carbocycles. The molecule has 1 aliphatic heterocycles. The maximum absolute atomic E-state index is 13.0. The number of nitrogens with one attached hydrogen (secondary N) is 2. The first-order valence-electron chi connectivity index (χ1n) is 13.1. The summed E-state index contributed by atoms with van der Waals surface area (Å²) in [4.78, 5) is 11.3.